The molecule has 0 aromatic heterocycles. The maximum absolute atomic E-state index is 13.7. The molecule has 2 amide bonds. The van der Waals surface area contributed by atoms with Crippen LogP contribution in [0.5, 0.6) is 0 Å². The molecular weight excluding hydrogens is 502 g/mol. The third-order valence-electron chi connectivity index (χ3n) is 5.91. The van der Waals surface area contributed by atoms with E-state index in [2.05, 4.69) is 5.32 Å². The number of hydrogen-bond donors (Lipinski definition) is 1. The van der Waals surface area contributed by atoms with Crippen LogP contribution in [-0.4, -0.2) is 55.8 Å². The van der Waals surface area contributed by atoms with E-state index in [9.17, 15) is 22.8 Å². The lowest BCUT2D eigenvalue weighted by Crippen LogP contribution is -2.53. The number of carbonyl (C=O) groups excluding carboxylic acids is 3. The highest BCUT2D eigenvalue weighted by molar-refractivity contribution is 7.92. The van der Waals surface area contributed by atoms with E-state index in [4.69, 9.17) is 11.6 Å². The first kappa shape index (κ1) is 29.3. The molecule has 0 saturated carbocycles. The quantitative estimate of drug-likeness (QED) is 0.413. The number of benzene rings is 2. The molecule has 2 aromatic rings. The van der Waals surface area contributed by atoms with Gasteiger partial charge in [0, 0.05) is 23.2 Å². The van der Waals surface area contributed by atoms with Crippen LogP contribution in [0, 0.1) is 0 Å². The second-order valence-corrected chi connectivity index (χ2v) is 11.0. The first-order chi connectivity index (χ1) is 16.9. The summed E-state index contributed by atoms with van der Waals surface area (Å²) in [5.74, 6) is -1.12. The van der Waals surface area contributed by atoms with Crippen LogP contribution in [0.1, 0.15) is 56.5 Å². The average Bonchev–Trinajstić information content (AvgIpc) is 2.82. The highest BCUT2D eigenvalue weighted by Gasteiger charge is 2.32. The summed E-state index contributed by atoms with van der Waals surface area (Å²) >= 11 is 6.35. The predicted molar refractivity (Wildman–Crippen MR) is 143 cm³/mol. The Balaban J connectivity index is 2.49. The molecule has 0 fully saturated rings. The second-order valence-electron chi connectivity index (χ2n) is 8.73. The fourth-order valence-electron chi connectivity index (χ4n) is 3.66. The van der Waals surface area contributed by atoms with E-state index in [-0.39, 0.29) is 30.0 Å². The van der Waals surface area contributed by atoms with E-state index in [1.54, 1.807) is 43.3 Å². The van der Waals surface area contributed by atoms with Gasteiger partial charge in [0.1, 0.15) is 12.6 Å². The van der Waals surface area contributed by atoms with Crippen LogP contribution in [0.3, 0.4) is 0 Å². The number of sulfonamides is 1. The number of Topliss-reactive ketones (excluding diaryl/α,β-unsaturated/α-hetero) is 1. The molecule has 0 heterocycles. The number of nitrogens with one attached hydrogen (secondary N) is 1. The summed E-state index contributed by atoms with van der Waals surface area (Å²) in [7, 11) is -3.90. The fraction of sp³-hybridized carbons (Fsp3) is 0.423. The smallest absolute Gasteiger partial charge is 0.244 e. The molecule has 0 saturated heterocycles. The van der Waals surface area contributed by atoms with Gasteiger partial charge >= 0.3 is 0 Å². The lowest BCUT2D eigenvalue weighted by molar-refractivity contribution is -0.140. The van der Waals surface area contributed by atoms with Crippen molar-refractivity contribution in [2.75, 3.05) is 17.1 Å². The molecule has 0 bridgehead atoms. The zero-order valence-electron chi connectivity index (χ0n) is 21.3. The SMILES string of the molecule is CCC(C)NC(=O)C(CC)N(Cc1ccccc1Cl)C(=O)CN(c1cccc(C(C)=O)c1)S(C)(=O)=O. The number of hydrogen-bond acceptors (Lipinski definition) is 5. The molecule has 1 N–H and O–H groups in total. The van der Waals surface area contributed by atoms with Crippen LogP contribution < -0.4 is 9.62 Å². The number of rotatable bonds is 12. The summed E-state index contributed by atoms with van der Waals surface area (Å²) in [6.45, 7) is 6.46. The van der Waals surface area contributed by atoms with E-state index in [1.165, 1.54) is 24.0 Å². The summed E-state index contributed by atoms with van der Waals surface area (Å²) in [5, 5.41) is 3.35. The molecular formula is C26H34ClN3O5S. The van der Waals surface area contributed by atoms with Crippen LogP contribution in [0.2, 0.25) is 5.02 Å². The zero-order chi connectivity index (χ0) is 27.0. The lowest BCUT2D eigenvalue weighted by atomic mass is 10.1. The monoisotopic (exact) mass is 535 g/mol. The summed E-state index contributed by atoms with van der Waals surface area (Å²) in [5.41, 5.74) is 1.14. The number of anilines is 1. The number of halogens is 1. The van der Waals surface area contributed by atoms with Crippen molar-refractivity contribution in [1.82, 2.24) is 10.2 Å². The number of ketones is 1. The van der Waals surface area contributed by atoms with E-state index in [0.29, 0.717) is 22.6 Å². The molecule has 10 heteroatoms. The van der Waals surface area contributed by atoms with Gasteiger partial charge in [0.2, 0.25) is 21.8 Å². The van der Waals surface area contributed by atoms with E-state index in [1.807, 2.05) is 13.8 Å². The molecule has 2 aromatic carbocycles. The first-order valence-electron chi connectivity index (χ1n) is 11.8. The van der Waals surface area contributed by atoms with Crippen molar-refractivity contribution in [2.45, 2.75) is 59.2 Å². The van der Waals surface area contributed by atoms with Gasteiger partial charge < -0.3 is 10.2 Å². The molecule has 2 rings (SSSR count). The Labute approximate surface area is 218 Å². The number of nitrogens with zero attached hydrogens (tertiary/aromatic N) is 2. The van der Waals surface area contributed by atoms with E-state index >= 15 is 0 Å². The van der Waals surface area contributed by atoms with Gasteiger partial charge in [0.05, 0.1) is 11.9 Å². The molecule has 0 aliphatic heterocycles. The van der Waals surface area contributed by atoms with Crippen molar-refractivity contribution in [3.8, 4) is 0 Å². The molecule has 2 unspecified atom stereocenters. The molecule has 0 aliphatic carbocycles. The molecule has 0 radical (unpaired) electrons. The van der Waals surface area contributed by atoms with Gasteiger partial charge in [0.25, 0.3) is 0 Å². The maximum atomic E-state index is 13.7. The van der Waals surface area contributed by atoms with Crippen molar-refractivity contribution >= 4 is 44.9 Å². The summed E-state index contributed by atoms with van der Waals surface area (Å²) in [6.07, 6.45) is 2.03. The fourth-order valence-corrected chi connectivity index (χ4v) is 4.70. The standard InChI is InChI=1S/C26H34ClN3O5S/c1-6-18(3)28-26(33)24(7-2)29(16-21-11-8-9-14-23(21)27)25(32)17-30(36(5,34)35)22-13-10-12-20(15-22)19(4)31/h8-15,18,24H,6-7,16-17H2,1-5H3,(H,28,33). The highest BCUT2D eigenvalue weighted by Crippen LogP contribution is 2.23. The first-order valence-corrected chi connectivity index (χ1v) is 14.0. The summed E-state index contributed by atoms with van der Waals surface area (Å²) in [4.78, 5) is 40.0. The Morgan fingerprint density at radius 3 is 2.25 bits per heavy atom. The molecule has 196 valence electrons. The molecule has 2 atom stereocenters. The van der Waals surface area contributed by atoms with Gasteiger partial charge in [-0.1, -0.05) is 55.8 Å². The summed E-state index contributed by atoms with van der Waals surface area (Å²) in [6, 6.07) is 12.1. The van der Waals surface area contributed by atoms with Gasteiger partial charge in [-0.2, -0.15) is 0 Å². The van der Waals surface area contributed by atoms with Crippen LogP contribution in [0.15, 0.2) is 48.5 Å². The van der Waals surface area contributed by atoms with Gasteiger partial charge in [-0.05, 0) is 50.5 Å². The Hall–Kier alpha value is -2.91. The van der Waals surface area contributed by atoms with Crippen LogP contribution in [0.4, 0.5) is 5.69 Å². The normalized spacial score (nSPS) is 12.9. The third-order valence-corrected chi connectivity index (χ3v) is 7.41. The Kier molecular flexibility index (Phi) is 10.5. The molecule has 36 heavy (non-hydrogen) atoms. The van der Waals surface area contributed by atoms with Gasteiger partial charge in [-0.15, -0.1) is 0 Å². The third kappa shape index (κ3) is 7.80. The van der Waals surface area contributed by atoms with Crippen molar-refractivity contribution < 1.29 is 22.8 Å². The average molecular weight is 536 g/mol. The van der Waals surface area contributed by atoms with Crippen molar-refractivity contribution in [3.05, 3.63) is 64.7 Å². The zero-order valence-corrected chi connectivity index (χ0v) is 22.9. The Morgan fingerprint density at radius 1 is 1.03 bits per heavy atom. The lowest BCUT2D eigenvalue weighted by Gasteiger charge is -2.33. The van der Waals surface area contributed by atoms with Crippen LogP contribution >= 0.6 is 11.6 Å². The van der Waals surface area contributed by atoms with Gasteiger partial charge in [-0.25, -0.2) is 8.42 Å². The predicted octanol–water partition coefficient (Wildman–Crippen LogP) is 4.03. The minimum atomic E-state index is -3.90. The van der Waals surface area contributed by atoms with Gasteiger partial charge in [-0.3, -0.25) is 18.7 Å². The molecule has 8 nitrogen and oxygen atoms in total. The largest absolute Gasteiger partial charge is 0.352 e. The number of amides is 2. The Morgan fingerprint density at radius 2 is 1.69 bits per heavy atom. The summed E-state index contributed by atoms with van der Waals surface area (Å²) < 4.78 is 26.4. The van der Waals surface area contributed by atoms with Crippen molar-refractivity contribution in [1.29, 1.82) is 0 Å². The number of carbonyl (C=O) groups is 3. The molecule has 0 spiro atoms. The van der Waals surface area contributed by atoms with E-state index in [0.717, 1.165) is 17.0 Å². The Bertz CT molecular complexity index is 1200. The van der Waals surface area contributed by atoms with Crippen LogP contribution in [-0.2, 0) is 26.2 Å². The second kappa shape index (κ2) is 12.9. The van der Waals surface area contributed by atoms with Crippen LogP contribution in [0.25, 0.3) is 0 Å². The topological polar surface area (TPSA) is 104 Å². The maximum Gasteiger partial charge on any atom is 0.244 e. The van der Waals surface area contributed by atoms with Crippen molar-refractivity contribution in [3.63, 3.8) is 0 Å². The minimum Gasteiger partial charge on any atom is -0.352 e. The highest BCUT2D eigenvalue weighted by atomic mass is 35.5. The minimum absolute atomic E-state index is 0.0238. The van der Waals surface area contributed by atoms with Gasteiger partial charge in [0.15, 0.2) is 5.78 Å². The van der Waals surface area contributed by atoms with Crippen molar-refractivity contribution in [2.24, 2.45) is 0 Å². The van der Waals surface area contributed by atoms with E-state index < -0.39 is 28.5 Å². The molecule has 0 aliphatic rings.